The minimum absolute atomic E-state index is 0.0716. The molecule has 1 aromatic carbocycles. The molecule has 0 aliphatic rings. The number of hydrogen-bond acceptors (Lipinski definition) is 7. The van der Waals surface area contributed by atoms with Crippen molar-refractivity contribution in [3.05, 3.63) is 35.3 Å². The molecule has 0 saturated carbocycles. The first-order valence-electron chi connectivity index (χ1n) is 7.68. The van der Waals surface area contributed by atoms with Gasteiger partial charge in [-0.15, -0.1) is 0 Å². The molecule has 0 spiro atoms. The van der Waals surface area contributed by atoms with E-state index in [4.69, 9.17) is 14.4 Å². The van der Waals surface area contributed by atoms with Crippen LogP contribution in [-0.2, 0) is 6.42 Å². The number of aromatic hydroxyl groups is 1. The molecule has 0 aliphatic carbocycles. The van der Waals surface area contributed by atoms with Crippen molar-refractivity contribution in [3.8, 4) is 17.6 Å². The molecule has 0 bridgehead atoms. The van der Waals surface area contributed by atoms with Gasteiger partial charge < -0.3 is 14.3 Å². The highest BCUT2D eigenvalue weighted by molar-refractivity contribution is 5.81. The lowest BCUT2D eigenvalue weighted by Crippen LogP contribution is -1.94. The molecule has 24 heavy (non-hydrogen) atoms. The molecule has 0 amide bonds. The van der Waals surface area contributed by atoms with E-state index in [1.54, 1.807) is 12.1 Å². The summed E-state index contributed by atoms with van der Waals surface area (Å²) >= 11 is 0. The van der Waals surface area contributed by atoms with E-state index in [-0.39, 0.29) is 17.3 Å². The molecule has 0 unspecified atom stereocenters. The van der Waals surface area contributed by atoms with Crippen molar-refractivity contribution in [2.45, 2.75) is 27.2 Å². The second-order valence-electron chi connectivity index (χ2n) is 5.53. The molecule has 7 nitrogen and oxygen atoms in total. The molecule has 1 aromatic heterocycles. The van der Waals surface area contributed by atoms with Crippen LogP contribution in [0.2, 0.25) is 0 Å². The van der Waals surface area contributed by atoms with Crippen LogP contribution >= 0.6 is 0 Å². The number of ether oxygens (including phenoxy) is 1. The molecule has 2 rings (SSSR count). The van der Waals surface area contributed by atoms with Gasteiger partial charge in [0.2, 0.25) is 5.69 Å². The maximum atomic E-state index is 9.67. The van der Waals surface area contributed by atoms with Gasteiger partial charge in [-0.1, -0.05) is 13.8 Å². The Kier molecular flexibility index (Phi) is 5.79. The number of rotatable bonds is 7. The second kappa shape index (κ2) is 8.02. The van der Waals surface area contributed by atoms with E-state index in [0.29, 0.717) is 30.6 Å². The number of benzene rings is 1. The molecule has 1 heterocycles. The average Bonchev–Trinajstić information content (AvgIpc) is 2.91. The fourth-order valence-corrected chi connectivity index (χ4v) is 2.00. The molecule has 0 radical (unpaired) electrons. The molecular weight excluding hydrogens is 308 g/mol. The zero-order chi connectivity index (χ0) is 17.5. The first-order valence-corrected chi connectivity index (χ1v) is 7.68. The Morgan fingerprint density at radius 2 is 2.29 bits per heavy atom. The van der Waals surface area contributed by atoms with Crippen molar-refractivity contribution in [2.75, 3.05) is 12.0 Å². The van der Waals surface area contributed by atoms with Crippen LogP contribution in [-0.4, -0.2) is 22.9 Å². The van der Waals surface area contributed by atoms with Crippen molar-refractivity contribution in [1.82, 2.24) is 4.98 Å². The lowest BCUT2D eigenvalue weighted by atomic mass is 10.1. The number of phenols is 1. The summed E-state index contributed by atoms with van der Waals surface area (Å²) in [6.07, 6.45) is 2.18. The summed E-state index contributed by atoms with van der Waals surface area (Å²) in [6, 6.07) is 6.87. The minimum atomic E-state index is 0.0716. The number of hydrogen-bond donors (Lipinski definition) is 2. The van der Waals surface area contributed by atoms with E-state index in [2.05, 4.69) is 15.5 Å². The van der Waals surface area contributed by atoms with Crippen molar-refractivity contribution >= 4 is 12.1 Å². The lowest BCUT2D eigenvalue weighted by Gasteiger charge is -2.05. The van der Waals surface area contributed by atoms with Gasteiger partial charge in [-0.3, -0.25) is 0 Å². The van der Waals surface area contributed by atoms with Crippen molar-refractivity contribution in [3.63, 3.8) is 0 Å². The van der Waals surface area contributed by atoms with Crippen LogP contribution in [0, 0.1) is 17.2 Å². The zero-order valence-electron chi connectivity index (χ0n) is 13.9. The van der Waals surface area contributed by atoms with Crippen LogP contribution in [0.25, 0.3) is 0 Å². The van der Waals surface area contributed by atoms with E-state index in [9.17, 15) is 5.11 Å². The highest BCUT2D eigenvalue weighted by atomic mass is 16.5. The van der Waals surface area contributed by atoms with Crippen molar-refractivity contribution in [1.29, 1.82) is 5.26 Å². The fraction of sp³-hybridized carbons (Fsp3) is 0.353. The number of anilines is 1. The van der Waals surface area contributed by atoms with Gasteiger partial charge in [0.05, 0.1) is 12.8 Å². The van der Waals surface area contributed by atoms with Gasteiger partial charge in [0.15, 0.2) is 17.4 Å². The monoisotopic (exact) mass is 328 g/mol. The van der Waals surface area contributed by atoms with Gasteiger partial charge in [0.1, 0.15) is 6.07 Å². The molecule has 0 atom stereocenters. The second-order valence-corrected chi connectivity index (χ2v) is 5.53. The smallest absolute Gasteiger partial charge is 0.252 e. The minimum Gasteiger partial charge on any atom is -0.504 e. The van der Waals surface area contributed by atoms with E-state index in [0.717, 1.165) is 5.56 Å². The van der Waals surface area contributed by atoms with E-state index in [1.165, 1.54) is 12.3 Å². The Balaban J connectivity index is 2.10. The maximum Gasteiger partial charge on any atom is 0.252 e. The molecule has 0 saturated heterocycles. The number of aromatic nitrogens is 1. The highest BCUT2D eigenvalue weighted by Gasteiger charge is 2.13. The average molecular weight is 328 g/mol. The third kappa shape index (κ3) is 4.49. The predicted molar refractivity (Wildman–Crippen MR) is 90.3 cm³/mol. The van der Waals surface area contributed by atoms with Crippen LogP contribution in [0.1, 0.15) is 37.9 Å². The number of phenolic OH excluding ortho intramolecular Hbond substituents is 1. The summed E-state index contributed by atoms with van der Waals surface area (Å²) in [7, 11) is 0. The fourth-order valence-electron chi connectivity index (χ4n) is 2.00. The van der Waals surface area contributed by atoms with Gasteiger partial charge in [-0.05, 0) is 36.6 Å². The summed E-state index contributed by atoms with van der Waals surface area (Å²) < 4.78 is 10.8. The Labute approximate surface area is 140 Å². The summed E-state index contributed by atoms with van der Waals surface area (Å²) in [5.41, 5.74) is 3.58. The van der Waals surface area contributed by atoms with Gasteiger partial charge >= 0.3 is 0 Å². The van der Waals surface area contributed by atoms with Gasteiger partial charge in [-0.25, -0.2) is 10.4 Å². The summed E-state index contributed by atoms with van der Waals surface area (Å²) in [5, 5.41) is 22.8. The van der Waals surface area contributed by atoms with Gasteiger partial charge in [0, 0.05) is 6.42 Å². The standard InChI is InChI=1S/C17H20N4O3/c1-4-23-15-8-12(5-6-14(15)22)10-19-21-17-13(9-18)20-16(24-17)7-11(2)3/h5-6,8,10-11,21-22H,4,7H2,1-3H3. The molecular formula is C17H20N4O3. The zero-order valence-corrected chi connectivity index (χ0v) is 13.9. The van der Waals surface area contributed by atoms with Crippen LogP contribution < -0.4 is 10.2 Å². The summed E-state index contributed by atoms with van der Waals surface area (Å²) in [5.74, 6) is 1.55. The number of nitrogens with one attached hydrogen (secondary N) is 1. The first-order chi connectivity index (χ1) is 11.5. The van der Waals surface area contributed by atoms with Gasteiger partial charge in [0.25, 0.3) is 5.88 Å². The van der Waals surface area contributed by atoms with Gasteiger partial charge in [-0.2, -0.15) is 10.4 Å². The molecule has 7 heteroatoms. The quantitative estimate of drug-likeness (QED) is 0.597. The molecule has 2 N–H and O–H groups in total. The predicted octanol–water partition coefficient (Wildman–Crippen LogP) is 3.30. The molecule has 0 aliphatic heterocycles. The normalized spacial score (nSPS) is 11.0. The Morgan fingerprint density at radius 3 is 2.96 bits per heavy atom. The number of hydrazone groups is 1. The topological polar surface area (TPSA) is 104 Å². The number of nitriles is 1. The van der Waals surface area contributed by atoms with Crippen LogP contribution in [0.4, 0.5) is 5.88 Å². The van der Waals surface area contributed by atoms with Crippen LogP contribution in [0.15, 0.2) is 27.7 Å². The number of oxazole rings is 1. The Bertz CT molecular complexity index is 760. The van der Waals surface area contributed by atoms with Crippen molar-refractivity contribution in [2.24, 2.45) is 11.0 Å². The highest BCUT2D eigenvalue weighted by Crippen LogP contribution is 2.26. The molecule has 2 aromatic rings. The molecule has 126 valence electrons. The Hall–Kier alpha value is -3.01. The largest absolute Gasteiger partial charge is 0.504 e. The third-order valence-corrected chi connectivity index (χ3v) is 3.02. The van der Waals surface area contributed by atoms with E-state index < -0.39 is 0 Å². The Morgan fingerprint density at radius 1 is 1.50 bits per heavy atom. The van der Waals surface area contributed by atoms with Crippen molar-refractivity contribution < 1.29 is 14.3 Å². The van der Waals surface area contributed by atoms with Crippen LogP contribution in [0.5, 0.6) is 11.5 Å². The first kappa shape index (κ1) is 17.3. The summed E-state index contributed by atoms with van der Waals surface area (Å²) in [6.45, 7) is 6.38. The van der Waals surface area contributed by atoms with E-state index in [1.807, 2.05) is 26.8 Å². The lowest BCUT2D eigenvalue weighted by molar-refractivity contribution is 0.318. The van der Waals surface area contributed by atoms with E-state index >= 15 is 0 Å². The molecule has 0 fully saturated rings. The summed E-state index contributed by atoms with van der Waals surface area (Å²) in [4.78, 5) is 4.13. The third-order valence-electron chi connectivity index (χ3n) is 3.02. The van der Waals surface area contributed by atoms with Crippen LogP contribution in [0.3, 0.4) is 0 Å². The SMILES string of the molecule is CCOc1cc(C=NNc2oc(CC(C)C)nc2C#N)ccc1O. The maximum absolute atomic E-state index is 9.67. The number of nitrogens with zero attached hydrogens (tertiary/aromatic N) is 3.